The Morgan fingerprint density at radius 1 is 1.14 bits per heavy atom. The molecule has 1 aliphatic rings. The van der Waals surface area contributed by atoms with Crippen LogP contribution in [0.15, 0.2) is 18.2 Å². The first-order valence-electron chi connectivity index (χ1n) is 5.96. The summed E-state index contributed by atoms with van der Waals surface area (Å²) in [6.07, 6.45) is -4.69. The fourth-order valence-corrected chi connectivity index (χ4v) is 3.15. The molecule has 0 saturated carbocycles. The van der Waals surface area contributed by atoms with Crippen molar-refractivity contribution in [3.63, 3.8) is 0 Å². The van der Waals surface area contributed by atoms with Gasteiger partial charge in [0.1, 0.15) is 5.82 Å². The molecule has 116 valence electrons. The number of benzene rings is 1. The number of hydrogen-bond acceptors (Lipinski definition) is 3. The molecule has 1 aromatic carbocycles. The molecule has 0 bridgehead atoms. The molecular formula is C12H11F4NO3S. The molecule has 9 heteroatoms. The van der Waals surface area contributed by atoms with Gasteiger partial charge >= 0.3 is 6.18 Å². The molecule has 21 heavy (non-hydrogen) atoms. The van der Waals surface area contributed by atoms with Crippen LogP contribution < -0.4 is 0 Å². The fourth-order valence-electron chi connectivity index (χ4n) is 1.95. The number of halogens is 4. The molecule has 0 aromatic heterocycles. The lowest BCUT2D eigenvalue weighted by atomic mass is 10.1. The molecule has 0 unspecified atom stereocenters. The Morgan fingerprint density at radius 2 is 1.71 bits per heavy atom. The van der Waals surface area contributed by atoms with Gasteiger partial charge in [-0.15, -0.1) is 0 Å². The summed E-state index contributed by atoms with van der Waals surface area (Å²) in [6, 6.07) is 1.57. The average Bonchev–Trinajstić information content (AvgIpc) is 2.37. The predicted octanol–water partition coefficient (Wildman–Crippen LogP) is 1.72. The molecule has 1 aromatic rings. The molecule has 2 rings (SSSR count). The van der Waals surface area contributed by atoms with Crippen LogP contribution in [-0.2, 0) is 16.0 Å². The number of amides is 1. The van der Waals surface area contributed by atoms with Crippen molar-refractivity contribution >= 4 is 15.7 Å². The van der Waals surface area contributed by atoms with Crippen molar-refractivity contribution in [1.82, 2.24) is 4.90 Å². The van der Waals surface area contributed by atoms with Crippen molar-refractivity contribution in [2.75, 3.05) is 24.6 Å². The Hall–Kier alpha value is -1.64. The van der Waals surface area contributed by atoms with Gasteiger partial charge in [0.25, 0.3) is 5.91 Å². The van der Waals surface area contributed by atoms with Crippen LogP contribution in [-0.4, -0.2) is 43.8 Å². The molecule has 0 aliphatic carbocycles. The van der Waals surface area contributed by atoms with Crippen LogP contribution in [0, 0.1) is 5.82 Å². The van der Waals surface area contributed by atoms with Crippen molar-refractivity contribution in [3.8, 4) is 0 Å². The lowest BCUT2D eigenvalue weighted by molar-refractivity contribution is -0.137. The number of alkyl halides is 3. The Balaban J connectivity index is 2.27. The third-order valence-electron chi connectivity index (χ3n) is 3.16. The van der Waals surface area contributed by atoms with E-state index in [4.69, 9.17) is 0 Å². The van der Waals surface area contributed by atoms with Crippen LogP contribution in [0.5, 0.6) is 0 Å². The van der Waals surface area contributed by atoms with Crippen molar-refractivity contribution in [2.45, 2.75) is 6.18 Å². The second kappa shape index (κ2) is 5.28. The van der Waals surface area contributed by atoms with E-state index in [0.29, 0.717) is 18.2 Å². The molecule has 1 amide bonds. The molecule has 0 radical (unpaired) electrons. The van der Waals surface area contributed by atoms with Gasteiger partial charge in [-0.1, -0.05) is 0 Å². The molecule has 1 heterocycles. The van der Waals surface area contributed by atoms with Gasteiger partial charge in [0.15, 0.2) is 9.84 Å². The highest BCUT2D eigenvalue weighted by Crippen LogP contribution is 2.30. The number of hydrogen-bond donors (Lipinski definition) is 0. The first-order chi connectivity index (χ1) is 9.60. The minimum atomic E-state index is -4.69. The van der Waals surface area contributed by atoms with Crippen molar-refractivity contribution < 1.29 is 30.8 Å². The normalized spacial score (nSPS) is 18.6. The number of sulfone groups is 1. The highest BCUT2D eigenvalue weighted by Gasteiger charge is 2.33. The van der Waals surface area contributed by atoms with Crippen LogP contribution in [0.4, 0.5) is 17.6 Å². The summed E-state index contributed by atoms with van der Waals surface area (Å²) in [6.45, 7) is -0.312. The average molecular weight is 325 g/mol. The topological polar surface area (TPSA) is 54.5 Å². The van der Waals surface area contributed by atoms with E-state index in [2.05, 4.69) is 0 Å². The van der Waals surface area contributed by atoms with Gasteiger partial charge in [-0.05, 0) is 18.2 Å². The second-order valence-corrected chi connectivity index (χ2v) is 6.94. The lowest BCUT2D eigenvalue weighted by Crippen LogP contribution is -2.44. The highest BCUT2D eigenvalue weighted by molar-refractivity contribution is 7.91. The summed E-state index contributed by atoms with van der Waals surface area (Å²) in [5.41, 5.74) is -1.83. The first kappa shape index (κ1) is 15.7. The SMILES string of the molecule is O=C(c1cc(C(F)(F)F)ccc1F)N1CCS(=O)(=O)CC1. The van der Waals surface area contributed by atoms with Gasteiger partial charge in [-0.3, -0.25) is 4.79 Å². The quantitative estimate of drug-likeness (QED) is 0.739. The highest BCUT2D eigenvalue weighted by atomic mass is 32.2. The minimum Gasteiger partial charge on any atom is -0.337 e. The number of carbonyl (C=O) groups is 1. The molecule has 4 nitrogen and oxygen atoms in total. The maximum atomic E-state index is 13.6. The molecule has 0 N–H and O–H groups in total. The molecule has 1 saturated heterocycles. The zero-order valence-corrected chi connectivity index (χ0v) is 11.5. The third-order valence-corrected chi connectivity index (χ3v) is 4.76. The third kappa shape index (κ3) is 3.52. The maximum Gasteiger partial charge on any atom is 0.416 e. The van der Waals surface area contributed by atoms with Crippen LogP contribution in [0.3, 0.4) is 0 Å². The monoisotopic (exact) mass is 325 g/mol. The Kier molecular flexibility index (Phi) is 3.96. The van der Waals surface area contributed by atoms with Crippen molar-refractivity contribution in [2.24, 2.45) is 0 Å². The molecule has 0 atom stereocenters. The second-order valence-electron chi connectivity index (χ2n) is 4.64. The smallest absolute Gasteiger partial charge is 0.337 e. The van der Waals surface area contributed by atoms with E-state index in [9.17, 15) is 30.8 Å². The maximum absolute atomic E-state index is 13.6. The summed E-state index contributed by atoms with van der Waals surface area (Å²) in [4.78, 5) is 13.1. The van der Waals surface area contributed by atoms with Gasteiger partial charge in [-0.25, -0.2) is 12.8 Å². The largest absolute Gasteiger partial charge is 0.416 e. The Morgan fingerprint density at radius 3 is 2.24 bits per heavy atom. The van der Waals surface area contributed by atoms with Crippen LogP contribution in [0.1, 0.15) is 15.9 Å². The first-order valence-corrected chi connectivity index (χ1v) is 7.79. The van der Waals surface area contributed by atoms with Gasteiger partial charge in [0, 0.05) is 13.1 Å². The number of nitrogens with zero attached hydrogens (tertiary/aromatic N) is 1. The molecular weight excluding hydrogens is 314 g/mol. The van der Waals surface area contributed by atoms with Crippen molar-refractivity contribution in [3.05, 3.63) is 35.1 Å². The fraction of sp³-hybridized carbons (Fsp3) is 0.417. The van der Waals surface area contributed by atoms with E-state index < -0.39 is 38.9 Å². The Labute approximate surface area is 118 Å². The Bertz CT molecular complexity index is 656. The van der Waals surface area contributed by atoms with Gasteiger partial charge in [-0.2, -0.15) is 13.2 Å². The van der Waals surface area contributed by atoms with Crippen molar-refractivity contribution in [1.29, 1.82) is 0 Å². The van der Waals surface area contributed by atoms with E-state index in [1.807, 2.05) is 0 Å². The summed E-state index contributed by atoms with van der Waals surface area (Å²) in [5, 5.41) is 0. The minimum absolute atomic E-state index is 0.156. The summed E-state index contributed by atoms with van der Waals surface area (Å²) in [5.74, 6) is -2.56. The zero-order valence-electron chi connectivity index (χ0n) is 10.7. The molecule has 1 fully saturated rings. The summed E-state index contributed by atoms with van der Waals surface area (Å²) < 4.78 is 73.8. The van der Waals surface area contributed by atoms with Gasteiger partial charge < -0.3 is 4.90 Å². The predicted molar refractivity (Wildman–Crippen MR) is 66.0 cm³/mol. The molecule has 1 aliphatic heterocycles. The van der Waals surface area contributed by atoms with Gasteiger partial charge in [0.05, 0.1) is 22.6 Å². The number of rotatable bonds is 1. The molecule has 0 spiro atoms. The van der Waals surface area contributed by atoms with E-state index in [-0.39, 0.29) is 24.6 Å². The van der Waals surface area contributed by atoms with Crippen LogP contribution in [0.25, 0.3) is 0 Å². The summed E-state index contributed by atoms with van der Waals surface area (Å²) >= 11 is 0. The van der Waals surface area contributed by atoms with E-state index in [1.165, 1.54) is 0 Å². The van der Waals surface area contributed by atoms with E-state index in [1.54, 1.807) is 0 Å². The lowest BCUT2D eigenvalue weighted by Gasteiger charge is -2.27. The summed E-state index contributed by atoms with van der Waals surface area (Å²) in [7, 11) is -3.24. The van der Waals surface area contributed by atoms with Gasteiger partial charge in [0.2, 0.25) is 0 Å². The van der Waals surface area contributed by atoms with Crippen LogP contribution >= 0.6 is 0 Å². The van der Waals surface area contributed by atoms with E-state index >= 15 is 0 Å². The zero-order chi connectivity index (χ0) is 15.8. The number of carbonyl (C=O) groups excluding carboxylic acids is 1. The standard InChI is InChI=1S/C12H11F4NO3S/c13-10-2-1-8(12(14,15)16)7-9(10)11(18)17-3-5-21(19,20)6-4-17/h1-2,7H,3-6H2. The van der Waals surface area contributed by atoms with Crippen LogP contribution in [0.2, 0.25) is 0 Å². The van der Waals surface area contributed by atoms with E-state index in [0.717, 1.165) is 4.90 Å².